The standard InChI is InChI=1S/C21H20F2N6O/c1-24-21(30)20-12-29(28-27-20)11-15(22)6-7-16-9-14-8-13(10-19(14)26-25-16)17-4-2-3-5-18(17)23/h2-5,8-9,12,15H,6-7,10-11H2,1H3,(H,24,30). The molecule has 2 heterocycles. The van der Waals surface area contributed by atoms with Gasteiger partial charge in [0.25, 0.3) is 5.91 Å². The molecule has 2 aromatic heterocycles. The van der Waals surface area contributed by atoms with Gasteiger partial charge in [0.15, 0.2) is 5.69 Å². The number of carbonyl (C=O) groups is 1. The minimum Gasteiger partial charge on any atom is -0.354 e. The van der Waals surface area contributed by atoms with Gasteiger partial charge in [0.05, 0.1) is 24.1 Å². The predicted molar refractivity (Wildman–Crippen MR) is 107 cm³/mol. The lowest BCUT2D eigenvalue weighted by atomic mass is 10.0. The lowest BCUT2D eigenvalue weighted by molar-refractivity contribution is 0.0958. The van der Waals surface area contributed by atoms with Crippen LogP contribution >= 0.6 is 0 Å². The van der Waals surface area contributed by atoms with Crippen molar-refractivity contribution in [2.24, 2.45) is 0 Å². The fraction of sp³-hybridized carbons (Fsp3) is 0.286. The zero-order valence-electron chi connectivity index (χ0n) is 16.3. The van der Waals surface area contributed by atoms with Gasteiger partial charge in [0, 0.05) is 24.6 Å². The van der Waals surface area contributed by atoms with Crippen LogP contribution < -0.4 is 5.32 Å². The molecule has 154 valence electrons. The van der Waals surface area contributed by atoms with E-state index in [-0.39, 0.29) is 30.4 Å². The minimum absolute atomic E-state index is 0.000299. The number of hydrogen-bond acceptors (Lipinski definition) is 5. The second-order valence-electron chi connectivity index (χ2n) is 7.10. The third kappa shape index (κ3) is 4.24. The van der Waals surface area contributed by atoms with Gasteiger partial charge in [-0.2, -0.15) is 10.2 Å². The molecular formula is C21H20F2N6O. The summed E-state index contributed by atoms with van der Waals surface area (Å²) in [5, 5.41) is 18.4. The van der Waals surface area contributed by atoms with Crippen LogP contribution in [0.3, 0.4) is 0 Å². The van der Waals surface area contributed by atoms with E-state index in [0.29, 0.717) is 24.1 Å². The third-order valence-corrected chi connectivity index (χ3v) is 4.96. The largest absolute Gasteiger partial charge is 0.354 e. The molecule has 0 saturated heterocycles. The maximum atomic E-state index is 14.4. The number of aromatic nitrogens is 5. The number of rotatable bonds is 7. The summed E-state index contributed by atoms with van der Waals surface area (Å²) in [5.41, 5.74) is 3.91. The molecule has 30 heavy (non-hydrogen) atoms. The van der Waals surface area contributed by atoms with Crippen molar-refractivity contribution in [1.29, 1.82) is 0 Å². The van der Waals surface area contributed by atoms with Crippen molar-refractivity contribution >= 4 is 17.6 Å². The van der Waals surface area contributed by atoms with Gasteiger partial charge < -0.3 is 5.32 Å². The normalized spacial score (nSPS) is 13.6. The lowest BCUT2D eigenvalue weighted by Crippen LogP contribution is -2.18. The van der Waals surface area contributed by atoms with E-state index in [1.807, 2.05) is 12.1 Å². The van der Waals surface area contributed by atoms with Crippen molar-refractivity contribution in [3.63, 3.8) is 0 Å². The maximum Gasteiger partial charge on any atom is 0.273 e. The van der Waals surface area contributed by atoms with Crippen molar-refractivity contribution in [1.82, 2.24) is 30.5 Å². The molecule has 1 amide bonds. The Morgan fingerprint density at radius 3 is 2.90 bits per heavy atom. The van der Waals surface area contributed by atoms with E-state index >= 15 is 0 Å². The van der Waals surface area contributed by atoms with Crippen molar-refractivity contribution in [3.05, 3.63) is 70.6 Å². The van der Waals surface area contributed by atoms with E-state index in [1.165, 1.54) is 24.0 Å². The Bertz CT molecular complexity index is 1110. The fourth-order valence-corrected chi connectivity index (χ4v) is 3.39. The summed E-state index contributed by atoms with van der Waals surface area (Å²) in [7, 11) is 1.49. The molecule has 0 radical (unpaired) electrons. The number of amides is 1. The number of nitrogens with one attached hydrogen (secondary N) is 1. The topological polar surface area (TPSA) is 85.6 Å². The van der Waals surface area contributed by atoms with Gasteiger partial charge in [-0.1, -0.05) is 23.4 Å². The fourth-order valence-electron chi connectivity index (χ4n) is 3.39. The molecule has 0 saturated carbocycles. The van der Waals surface area contributed by atoms with Crippen LogP contribution in [0.4, 0.5) is 8.78 Å². The number of aryl methyl sites for hydroxylation is 1. The summed E-state index contributed by atoms with van der Waals surface area (Å²) in [6.45, 7) is -0.000299. The highest BCUT2D eigenvalue weighted by Gasteiger charge is 2.19. The Kier molecular flexibility index (Phi) is 5.60. The van der Waals surface area contributed by atoms with Crippen LogP contribution in [0.2, 0.25) is 0 Å². The van der Waals surface area contributed by atoms with Gasteiger partial charge in [-0.25, -0.2) is 13.5 Å². The summed E-state index contributed by atoms with van der Waals surface area (Å²) in [4.78, 5) is 11.5. The molecule has 1 aromatic carbocycles. The molecule has 0 fully saturated rings. The number of nitrogens with zero attached hydrogens (tertiary/aromatic N) is 5. The van der Waals surface area contributed by atoms with E-state index in [4.69, 9.17) is 0 Å². The maximum absolute atomic E-state index is 14.4. The number of alkyl halides is 1. The molecule has 0 aliphatic heterocycles. The number of halogens is 2. The van der Waals surface area contributed by atoms with Crippen LogP contribution in [0.1, 0.15) is 39.4 Å². The smallest absolute Gasteiger partial charge is 0.273 e. The Morgan fingerprint density at radius 1 is 1.27 bits per heavy atom. The van der Waals surface area contributed by atoms with Gasteiger partial charge in [0.2, 0.25) is 0 Å². The van der Waals surface area contributed by atoms with Crippen LogP contribution in [0.25, 0.3) is 11.6 Å². The first-order valence-corrected chi connectivity index (χ1v) is 9.60. The highest BCUT2D eigenvalue weighted by molar-refractivity contribution is 5.91. The van der Waals surface area contributed by atoms with Crippen molar-refractivity contribution in [2.75, 3.05) is 7.05 Å². The summed E-state index contributed by atoms with van der Waals surface area (Å²) >= 11 is 0. The lowest BCUT2D eigenvalue weighted by Gasteiger charge is -2.08. The Labute approximate surface area is 171 Å². The van der Waals surface area contributed by atoms with Crippen LogP contribution in [-0.4, -0.2) is 44.3 Å². The molecule has 1 N–H and O–H groups in total. The average molecular weight is 410 g/mol. The van der Waals surface area contributed by atoms with E-state index in [1.54, 1.807) is 18.2 Å². The van der Waals surface area contributed by atoms with Crippen LogP contribution in [0, 0.1) is 5.82 Å². The van der Waals surface area contributed by atoms with E-state index in [2.05, 4.69) is 25.8 Å². The number of allylic oxidation sites excluding steroid dienone is 1. The summed E-state index contributed by atoms with van der Waals surface area (Å²) in [6, 6.07) is 8.51. The molecule has 1 unspecified atom stereocenters. The molecule has 3 aromatic rings. The van der Waals surface area contributed by atoms with E-state index < -0.39 is 6.17 Å². The summed E-state index contributed by atoms with van der Waals surface area (Å²) in [5.74, 6) is -0.634. The first kappa shape index (κ1) is 19.8. The molecule has 1 atom stereocenters. The molecular weight excluding hydrogens is 390 g/mol. The quantitative estimate of drug-likeness (QED) is 0.647. The van der Waals surface area contributed by atoms with Gasteiger partial charge in [-0.3, -0.25) is 4.79 Å². The average Bonchev–Trinajstić information content (AvgIpc) is 3.38. The van der Waals surface area contributed by atoms with Crippen LogP contribution in [-0.2, 0) is 19.4 Å². The molecule has 1 aliphatic carbocycles. The molecule has 0 bridgehead atoms. The Morgan fingerprint density at radius 2 is 2.10 bits per heavy atom. The van der Waals surface area contributed by atoms with Gasteiger partial charge >= 0.3 is 0 Å². The van der Waals surface area contributed by atoms with Crippen LogP contribution in [0.5, 0.6) is 0 Å². The summed E-state index contributed by atoms with van der Waals surface area (Å²) in [6.07, 6.45) is 3.30. The third-order valence-electron chi connectivity index (χ3n) is 4.96. The molecule has 1 aliphatic rings. The van der Waals surface area contributed by atoms with Crippen LogP contribution in [0.15, 0.2) is 36.5 Å². The highest BCUT2D eigenvalue weighted by Crippen LogP contribution is 2.31. The SMILES string of the molecule is CNC(=O)c1cn(CC(F)CCc2cc3c(nn2)CC(c2ccccc2F)=C3)nn1. The molecule has 0 spiro atoms. The van der Waals surface area contributed by atoms with Gasteiger partial charge in [0.1, 0.15) is 12.0 Å². The number of hydrogen-bond donors (Lipinski definition) is 1. The van der Waals surface area contributed by atoms with Crippen molar-refractivity contribution in [3.8, 4) is 0 Å². The van der Waals surface area contributed by atoms with Crippen molar-refractivity contribution < 1.29 is 13.6 Å². The second-order valence-corrected chi connectivity index (χ2v) is 7.10. The van der Waals surface area contributed by atoms with Crippen molar-refractivity contribution in [2.45, 2.75) is 32.0 Å². The van der Waals surface area contributed by atoms with Gasteiger partial charge in [-0.15, -0.1) is 5.10 Å². The van der Waals surface area contributed by atoms with E-state index in [9.17, 15) is 13.6 Å². The van der Waals surface area contributed by atoms with E-state index in [0.717, 1.165) is 16.8 Å². The second kappa shape index (κ2) is 8.48. The Balaban J connectivity index is 1.37. The predicted octanol–water partition coefficient (Wildman–Crippen LogP) is 2.63. The zero-order chi connectivity index (χ0) is 21.1. The Hall–Kier alpha value is -3.49. The number of benzene rings is 1. The molecule has 7 nitrogen and oxygen atoms in total. The first-order valence-electron chi connectivity index (χ1n) is 9.60. The first-order chi connectivity index (χ1) is 14.5. The number of fused-ring (bicyclic) bond motifs is 1. The summed E-state index contributed by atoms with van der Waals surface area (Å²) < 4.78 is 29.7. The highest BCUT2D eigenvalue weighted by atomic mass is 19.1. The number of carbonyl (C=O) groups excluding carboxylic acids is 1. The minimum atomic E-state index is -1.18. The zero-order valence-corrected chi connectivity index (χ0v) is 16.3. The molecule has 9 heteroatoms. The monoisotopic (exact) mass is 410 g/mol. The molecule has 4 rings (SSSR count). The van der Waals surface area contributed by atoms with Gasteiger partial charge in [-0.05, 0) is 36.6 Å².